The van der Waals surface area contributed by atoms with Crippen LogP contribution in [0, 0.1) is 35.0 Å². The quantitative estimate of drug-likeness (QED) is 0.529. The van der Waals surface area contributed by atoms with E-state index in [1.807, 2.05) is 12.4 Å². The lowest BCUT2D eigenvalue weighted by atomic mass is 9.49. The van der Waals surface area contributed by atoms with Gasteiger partial charge in [-0.25, -0.2) is 0 Å². The van der Waals surface area contributed by atoms with Crippen LogP contribution in [0.2, 0.25) is 0 Å². The largest absolute Gasteiger partial charge is 0.306 e. The van der Waals surface area contributed by atoms with Gasteiger partial charge in [0.05, 0.1) is 0 Å². The summed E-state index contributed by atoms with van der Waals surface area (Å²) in [6.45, 7) is 2.68. The van der Waals surface area contributed by atoms with E-state index >= 15 is 0 Å². The molecule has 6 rings (SSSR count). The maximum absolute atomic E-state index is 4.31. The summed E-state index contributed by atoms with van der Waals surface area (Å²) in [6.07, 6.45) is 17.2. The maximum atomic E-state index is 4.31. The average molecular weight is 417 g/mol. The molecular formula is C29H40N2. The number of pyridine rings is 1. The summed E-state index contributed by atoms with van der Waals surface area (Å²) in [4.78, 5) is 6.81. The van der Waals surface area contributed by atoms with Crippen molar-refractivity contribution in [2.45, 2.75) is 76.7 Å². The Morgan fingerprint density at radius 3 is 2.61 bits per heavy atom. The Morgan fingerprint density at radius 2 is 1.74 bits per heavy atom. The number of hydrogen-bond donors (Lipinski definition) is 0. The number of hydrogen-bond acceptors (Lipinski definition) is 2. The van der Waals surface area contributed by atoms with Gasteiger partial charge in [-0.15, -0.1) is 0 Å². The molecule has 2 unspecified atom stereocenters. The third-order valence-electron chi connectivity index (χ3n) is 10.7. The van der Waals surface area contributed by atoms with E-state index in [2.05, 4.69) is 55.2 Å². The normalized spacial score (nSPS) is 42.3. The Hall–Kier alpha value is -1.41. The second-order valence-corrected chi connectivity index (χ2v) is 12.0. The van der Waals surface area contributed by atoms with Crippen molar-refractivity contribution in [1.29, 1.82) is 0 Å². The van der Waals surface area contributed by atoms with Gasteiger partial charge in [0.1, 0.15) is 0 Å². The van der Waals surface area contributed by atoms with Crippen LogP contribution in [-0.2, 0) is 0 Å². The molecule has 0 bridgehead atoms. The monoisotopic (exact) mass is 416 g/mol. The first-order valence-corrected chi connectivity index (χ1v) is 13.0. The molecule has 4 aliphatic carbocycles. The number of aromatic nitrogens is 1. The van der Waals surface area contributed by atoms with E-state index in [4.69, 9.17) is 0 Å². The zero-order valence-corrected chi connectivity index (χ0v) is 19.8. The highest BCUT2D eigenvalue weighted by molar-refractivity contribution is 5.82. The van der Waals surface area contributed by atoms with Crippen molar-refractivity contribution in [3.63, 3.8) is 0 Å². The van der Waals surface area contributed by atoms with Crippen LogP contribution < -0.4 is 0 Å². The predicted octanol–water partition coefficient (Wildman–Crippen LogP) is 6.90. The molecule has 0 radical (unpaired) electrons. The van der Waals surface area contributed by atoms with E-state index in [0.29, 0.717) is 5.41 Å². The van der Waals surface area contributed by atoms with E-state index in [-0.39, 0.29) is 0 Å². The fourth-order valence-corrected chi connectivity index (χ4v) is 9.16. The lowest BCUT2D eigenvalue weighted by Crippen LogP contribution is -2.49. The molecule has 2 aromatic rings. The number of nitrogens with zero attached hydrogens (tertiary/aromatic N) is 2. The van der Waals surface area contributed by atoms with Crippen LogP contribution in [-0.4, -0.2) is 30.0 Å². The average Bonchev–Trinajstić information content (AvgIpc) is 3.15. The van der Waals surface area contributed by atoms with Gasteiger partial charge < -0.3 is 4.90 Å². The fraction of sp³-hybridized carbons (Fsp3) is 0.690. The van der Waals surface area contributed by atoms with E-state index in [1.165, 1.54) is 68.6 Å². The van der Waals surface area contributed by atoms with E-state index in [9.17, 15) is 0 Å². The summed E-state index contributed by atoms with van der Waals surface area (Å²) in [5, 5.41) is 2.65. The third-order valence-corrected chi connectivity index (χ3v) is 10.7. The summed E-state index contributed by atoms with van der Waals surface area (Å²) in [6, 6.07) is 10.3. The zero-order valence-electron chi connectivity index (χ0n) is 19.8. The second kappa shape index (κ2) is 7.58. The summed E-state index contributed by atoms with van der Waals surface area (Å²) in [7, 11) is 4.59. The molecule has 2 nitrogen and oxygen atoms in total. The number of fused-ring (bicyclic) bond motifs is 6. The molecule has 0 N–H and O–H groups in total. The van der Waals surface area contributed by atoms with Crippen molar-refractivity contribution in [3.05, 3.63) is 42.2 Å². The Bertz CT molecular complexity index is 951. The van der Waals surface area contributed by atoms with Gasteiger partial charge in [0, 0.05) is 23.8 Å². The van der Waals surface area contributed by atoms with Crippen LogP contribution in [0.5, 0.6) is 0 Å². The summed E-state index contributed by atoms with van der Waals surface area (Å²) in [5.74, 6) is 5.78. The minimum Gasteiger partial charge on any atom is -0.306 e. The molecule has 8 atom stereocenters. The van der Waals surface area contributed by atoms with Crippen LogP contribution in [0.1, 0.15) is 76.2 Å². The minimum absolute atomic E-state index is 0.509. The maximum Gasteiger partial charge on any atom is 0.0346 e. The lowest BCUT2D eigenvalue weighted by Gasteiger charge is -2.56. The molecular weight excluding hydrogens is 376 g/mol. The van der Waals surface area contributed by atoms with E-state index < -0.39 is 0 Å². The minimum atomic E-state index is 0.509. The second-order valence-electron chi connectivity index (χ2n) is 12.0. The standard InChI is InChI=1S/C29H40N2/c1-29-14-12-25-24-9-7-23(31(2)3)17-20(24)6-8-26(25)28(29)11-10-27(29)21-4-5-22-18-30-15-13-19(22)16-21/h4-5,13,15-16,18,20,23-28H,6-12,14,17H2,1-3H3/t20?,23-,24-,25?,26+,27+,28-,29+/m0/s1. The van der Waals surface area contributed by atoms with Crippen molar-refractivity contribution in [2.24, 2.45) is 35.0 Å². The van der Waals surface area contributed by atoms with Gasteiger partial charge in [-0.05, 0) is 130 Å². The van der Waals surface area contributed by atoms with Crippen LogP contribution in [0.25, 0.3) is 10.8 Å². The molecule has 0 spiro atoms. The Morgan fingerprint density at radius 1 is 0.871 bits per heavy atom. The van der Waals surface area contributed by atoms with Crippen LogP contribution in [0.15, 0.2) is 36.7 Å². The molecule has 1 aromatic carbocycles. The highest BCUT2D eigenvalue weighted by Gasteiger charge is 2.57. The van der Waals surface area contributed by atoms with Gasteiger partial charge in [0.25, 0.3) is 0 Å². The molecule has 31 heavy (non-hydrogen) atoms. The van der Waals surface area contributed by atoms with Crippen molar-refractivity contribution in [1.82, 2.24) is 9.88 Å². The van der Waals surface area contributed by atoms with Crippen molar-refractivity contribution in [3.8, 4) is 0 Å². The molecule has 4 saturated carbocycles. The highest BCUT2D eigenvalue weighted by atomic mass is 15.1. The van der Waals surface area contributed by atoms with Crippen LogP contribution in [0.3, 0.4) is 0 Å². The van der Waals surface area contributed by atoms with Crippen molar-refractivity contribution in [2.75, 3.05) is 14.1 Å². The first-order chi connectivity index (χ1) is 15.0. The molecule has 1 aromatic heterocycles. The first kappa shape index (κ1) is 20.2. The molecule has 1 heterocycles. The van der Waals surface area contributed by atoms with Crippen molar-refractivity contribution < 1.29 is 0 Å². The van der Waals surface area contributed by atoms with Gasteiger partial charge >= 0.3 is 0 Å². The lowest BCUT2D eigenvalue weighted by molar-refractivity contribution is -0.0624. The van der Waals surface area contributed by atoms with Gasteiger partial charge in [0.2, 0.25) is 0 Å². The van der Waals surface area contributed by atoms with Crippen molar-refractivity contribution >= 4 is 10.8 Å². The smallest absolute Gasteiger partial charge is 0.0346 e. The number of benzene rings is 1. The molecule has 166 valence electrons. The van der Waals surface area contributed by atoms with Crippen LogP contribution in [0.4, 0.5) is 0 Å². The summed E-state index contributed by atoms with van der Waals surface area (Å²) in [5.41, 5.74) is 2.11. The Kier molecular flexibility index (Phi) is 4.94. The van der Waals surface area contributed by atoms with Crippen LogP contribution >= 0.6 is 0 Å². The topological polar surface area (TPSA) is 16.1 Å². The molecule has 0 amide bonds. The van der Waals surface area contributed by atoms with Gasteiger partial charge in [-0.2, -0.15) is 0 Å². The molecule has 2 heteroatoms. The van der Waals surface area contributed by atoms with Gasteiger partial charge in [0.15, 0.2) is 0 Å². The molecule has 0 aliphatic heterocycles. The molecule has 4 aliphatic rings. The fourth-order valence-electron chi connectivity index (χ4n) is 9.16. The summed E-state index contributed by atoms with van der Waals surface area (Å²) >= 11 is 0. The molecule has 4 fully saturated rings. The summed E-state index contributed by atoms with van der Waals surface area (Å²) < 4.78 is 0. The first-order valence-electron chi connectivity index (χ1n) is 13.0. The van der Waals surface area contributed by atoms with Gasteiger partial charge in [-0.1, -0.05) is 25.1 Å². The zero-order chi connectivity index (χ0) is 21.2. The SMILES string of the molecule is CN(C)[C@H]1CC[C@H]2C(CC[C@@H]3C2CC[C@]2(C)[C@@H](c4ccc5cnccc5c4)CC[C@@H]32)C1. The molecule has 0 saturated heterocycles. The van der Waals surface area contributed by atoms with E-state index in [0.717, 1.165) is 41.5 Å². The third kappa shape index (κ3) is 3.19. The Labute approximate surface area is 188 Å². The predicted molar refractivity (Wildman–Crippen MR) is 129 cm³/mol. The van der Waals surface area contributed by atoms with Gasteiger partial charge in [-0.3, -0.25) is 4.98 Å². The highest BCUT2D eigenvalue weighted by Crippen LogP contribution is 2.66. The van der Waals surface area contributed by atoms with E-state index in [1.54, 1.807) is 5.56 Å². The Balaban J connectivity index is 1.24. The number of rotatable bonds is 2.